The number of nitrogens with two attached hydrogens (primary N) is 3. The Morgan fingerprint density at radius 1 is 1.36 bits per heavy atom. The number of rotatable bonds is 14. The summed E-state index contributed by atoms with van der Waals surface area (Å²) < 4.78 is 12.5. The van der Waals surface area contributed by atoms with Crippen molar-refractivity contribution < 1.29 is 28.7 Å². The van der Waals surface area contributed by atoms with E-state index in [-0.39, 0.29) is 40.6 Å². The van der Waals surface area contributed by atoms with Crippen LogP contribution < -0.4 is 22.5 Å². The van der Waals surface area contributed by atoms with Crippen LogP contribution >= 0.6 is 46.6 Å². The van der Waals surface area contributed by atoms with Gasteiger partial charge in [0.15, 0.2) is 16.8 Å². The van der Waals surface area contributed by atoms with E-state index in [0.717, 1.165) is 21.8 Å². The first-order valence-electron chi connectivity index (χ1n) is 12.1. The van der Waals surface area contributed by atoms with Gasteiger partial charge in [-0.25, -0.2) is 14.2 Å². The predicted molar refractivity (Wildman–Crippen MR) is 162 cm³/mol. The molecule has 2 amide bonds. The number of pyridine rings is 1. The number of aromatic nitrogens is 2. The van der Waals surface area contributed by atoms with E-state index in [9.17, 15) is 23.9 Å². The number of carboxylic acids is 1. The molecule has 2 aliphatic rings. The van der Waals surface area contributed by atoms with Gasteiger partial charge in [0.2, 0.25) is 0 Å². The standard InChI is InChI=1S/C23H26FN9O5S4/c24-2-5-38-32-15(12-9-41-23(27)30-12)18(34)31-16-19(35)33-17(21(36)37)14(10-40-20(16)33)42-13-1-3-28-7-11(13)8-39-6-4-29-22(25)26/h1,3,7,9,16,20H,2,4-6,8,10H2,(H2,27,30)(H,31,34)(H,36,37)(H4,25,26,29)/b32-15-/t16-,20-/m1/s1. The maximum Gasteiger partial charge on any atom is 0.353 e. The number of carboxylic acid groups (broad SMARTS) is 1. The molecule has 0 bridgehead atoms. The van der Waals surface area contributed by atoms with E-state index in [0.29, 0.717) is 23.0 Å². The molecule has 2 aromatic rings. The van der Waals surface area contributed by atoms with Crippen LogP contribution in [0.2, 0.25) is 0 Å². The van der Waals surface area contributed by atoms with Gasteiger partial charge in [0.25, 0.3) is 11.8 Å². The monoisotopic (exact) mass is 655 g/mol. The number of alkyl halides is 1. The summed E-state index contributed by atoms with van der Waals surface area (Å²) in [6.45, 7) is -0.739. The van der Waals surface area contributed by atoms with Crippen LogP contribution in [0.4, 0.5) is 9.52 Å². The van der Waals surface area contributed by atoms with Gasteiger partial charge in [0, 0.05) is 44.8 Å². The number of carbonyl (C=O) groups is 3. The van der Waals surface area contributed by atoms with Gasteiger partial charge in [0.05, 0.1) is 6.54 Å². The zero-order valence-corrected chi connectivity index (χ0v) is 25.0. The molecule has 0 saturated carbocycles. The van der Waals surface area contributed by atoms with Crippen molar-refractivity contribution in [3.05, 3.63) is 45.7 Å². The molecular formula is C23H26FN9O5S4. The van der Waals surface area contributed by atoms with Crippen molar-refractivity contribution in [3.8, 4) is 0 Å². The number of anilines is 1. The molecule has 4 heterocycles. The quantitative estimate of drug-likeness (QED) is 0.0625. The van der Waals surface area contributed by atoms with Crippen molar-refractivity contribution in [2.75, 3.05) is 37.1 Å². The van der Waals surface area contributed by atoms with E-state index in [1.165, 1.54) is 33.8 Å². The van der Waals surface area contributed by atoms with Crippen LogP contribution in [-0.2, 0) is 25.0 Å². The van der Waals surface area contributed by atoms with Crippen molar-refractivity contribution >= 4 is 81.2 Å². The number of thioether (sulfide) groups is 3. The average Bonchev–Trinajstić information content (AvgIpc) is 3.39. The molecule has 0 aliphatic carbocycles. The molecule has 1 saturated heterocycles. The summed E-state index contributed by atoms with van der Waals surface area (Å²) in [5.41, 5.74) is 16.9. The van der Waals surface area contributed by atoms with Crippen molar-refractivity contribution in [1.29, 1.82) is 0 Å². The Hall–Kier alpha value is -3.55. The SMILES string of the molecule is NC(N)=NCCSCc1cnccc1SC1=C(C(=O)O)N2C(=O)[C@@H](NC(=O)/C(=N\OCCF)c3csc(N)n3)[C@H]2SC1. The number of guanidine groups is 1. The molecule has 0 aromatic carbocycles. The number of halogens is 1. The molecule has 8 N–H and O–H groups in total. The van der Waals surface area contributed by atoms with Crippen LogP contribution in [0.5, 0.6) is 0 Å². The lowest BCUT2D eigenvalue weighted by Crippen LogP contribution is -2.71. The Balaban J connectivity index is 1.48. The number of nitrogen functional groups attached to an aromatic ring is 1. The minimum atomic E-state index is -1.26. The molecule has 224 valence electrons. The predicted octanol–water partition coefficient (Wildman–Crippen LogP) is 0.806. The molecule has 4 rings (SSSR count). The molecule has 0 radical (unpaired) electrons. The fourth-order valence-corrected chi connectivity index (χ4v) is 7.82. The van der Waals surface area contributed by atoms with Gasteiger partial charge in [-0.05, 0) is 11.6 Å². The fraction of sp³-hybridized carbons (Fsp3) is 0.348. The number of aliphatic imine (C=N–C) groups is 1. The molecule has 42 heavy (non-hydrogen) atoms. The van der Waals surface area contributed by atoms with Crippen LogP contribution in [0, 0.1) is 0 Å². The van der Waals surface area contributed by atoms with Crippen LogP contribution in [0.1, 0.15) is 11.3 Å². The highest BCUT2D eigenvalue weighted by atomic mass is 32.2. The lowest BCUT2D eigenvalue weighted by molar-refractivity contribution is -0.150. The summed E-state index contributed by atoms with van der Waals surface area (Å²) in [7, 11) is 0. The second-order valence-electron chi connectivity index (χ2n) is 8.42. The second-order valence-corrected chi connectivity index (χ2v) is 12.7. The smallest absolute Gasteiger partial charge is 0.353 e. The summed E-state index contributed by atoms with van der Waals surface area (Å²) in [5, 5.41) is 17.3. The van der Waals surface area contributed by atoms with E-state index >= 15 is 0 Å². The number of carbonyl (C=O) groups excluding carboxylic acids is 2. The number of nitrogens with zero attached hydrogens (tertiary/aromatic N) is 5. The third-order valence-corrected chi connectivity index (χ3v) is 9.93. The summed E-state index contributed by atoms with van der Waals surface area (Å²) in [5.74, 6) is -1.06. The maximum absolute atomic E-state index is 13.2. The summed E-state index contributed by atoms with van der Waals surface area (Å²) in [6, 6.07) is 0.765. The number of aliphatic carboxylic acids is 1. The first-order chi connectivity index (χ1) is 20.2. The minimum absolute atomic E-state index is 0.0256. The van der Waals surface area contributed by atoms with Gasteiger partial charge in [-0.3, -0.25) is 24.5 Å². The third kappa shape index (κ3) is 7.44. The molecule has 2 aromatic heterocycles. The lowest BCUT2D eigenvalue weighted by Gasteiger charge is -2.49. The summed E-state index contributed by atoms with van der Waals surface area (Å²) in [4.78, 5) is 58.0. The van der Waals surface area contributed by atoms with E-state index < -0.39 is 35.9 Å². The molecule has 2 atom stereocenters. The zero-order valence-electron chi connectivity index (χ0n) is 21.8. The first kappa shape index (κ1) is 31.4. The molecule has 14 nitrogen and oxygen atoms in total. The number of β-lactam (4-membered cyclic amide) rings is 1. The number of hydrogen-bond acceptors (Lipinski definition) is 13. The molecule has 0 unspecified atom stereocenters. The van der Waals surface area contributed by atoms with Gasteiger partial charge in [0.1, 0.15) is 36.1 Å². The van der Waals surface area contributed by atoms with Crippen molar-refractivity contribution in [2.45, 2.75) is 22.1 Å². The second kappa shape index (κ2) is 14.6. The van der Waals surface area contributed by atoms with Gasteiger partial charge in [-0.1, -0.05) is 16.9 Å². The number of oxime groups is 1. The fourth-order valence-electron chi connectivity index (χ4n) is 3.80. The molecular weight excluding hydrogens is 630 g/mol. The van der Waals surface area contributed by atoms with Gasteiger partial charge in [-0.15, -0.1) is 23.1 Å². The average molecular weight is 656 g/mol. The molecule has 2 aliphatic heterocycles. The maximum atomic E-state index is 13.2. The lowest BCUT2D eigenvalue weighted by atomic mass is 10.0. The van der Waals surface area contributed by atoms with Crippen LogP contribution in [0.25, 0.3) is 0 Å². The van der Waals surface area contributed by atoms with Crippen LogP contribution in [0.15, 0.2) is 49.5 Å². The number of fused-ring (bicyclic) bond motifs is 1. The van der Waals surface area contributed by atoms with E-state index in [2.05, 4.69) is 25.4 Å². The van der Waals surface area contributed by atoms with Crippen LogP contribution in [-0.4, -0.2) is 92.2 Å². The van der Waals surface area contributed by atoms with E-state index in [1.807, 2.05) is 0 Å². The normalized spacial score (nSPS) is 18.3. The Morgan fingerprint density at radius 3 is 2.86 bits per heavy atom. The van der Waals surface area contributed by atoms with Gasteiger partial charge < -0.3 is 32.5 Å². The third-order valence-electron chi connectivity index (χ3n) is 5.61. The van der Waals surface area contributed by atoms with Gasteiger partial charge >= 0.3 is 5.97 Å². The van der Waals surface area contributed by atoms with Gasteiger partial charge in [-0.2, -0.15) is 11.8 Å². The summed E-state index contributed by atoms with van der Waals surface area (Å²) >= 11 is 5.24. The Kier molecular flexibility index (Phi) is 10.9. The Labute approximate surface area is 255 Å². The van der Waals surface area contributed by atoms with E-state index in [4.69, 9.17) is 22.0 Å². The number of amides is 2. The van der Waals surface area contributed by atoms with E-state index in [1.54, 1.807) is 30.2 Å². The first-order valence-corrected chi connectivity index (χ1v) is 16.0. The summed E-state index contributed by atoms with van der Waals surface area (Å²) in [6.07, 6.45) is 3.32. The highest BCUT2D eigenvalue weighted by Gasteiger charge is 2.54. The highest BCUT2D eigenvalue weighted by Crippen LogP contribution is 2.45. The molecule has 19 heteroatoms. The number of thiazole rings is 1. The minimum Gasteiger partial charge on any atom is -0.477 e. The molecule has 0 spiro atoms. The largest absolute Gasteiger partial charge is 0.477 e. The Bertz CT molecular complexity index is 1430. The zero-order chi connectivity index (χ0) is 30.2. The van der Waals surface area contributed by atoms with Crippen molar-refractivity contribution in [3.63, 3.8) is 0 Å². The Morgan fingerprint density at radius 2 is 2.17 bits per heavy atom. The molecule has 1 fully saturated rings. The highest BCUT2D eigenvalue weighted by molar-refractivity contribution is 8.06. The van der Waals surface area contributed by atoms with Crippen molar-refractivity contribution in [1.82, 2.24) is 20.2 Å². The number of nitrogens with one attached hydrogen (secondary N) is 1. The topological polar surface area (TPSA) is 224 Å². The van der Waals surface area contributed by atoms with Crippen molar-refractivity contribution in [2.24, 2.45) is 21.6 Å². The number of hydrogen-bond donors (Lipinski definition) is 5. The van der Waals surface area contributed by atoms with Crippen LogP contribution in [0.3, 0.4) is 0 Å².